The Balaban J connectivity index is 1.21. The Morgan fingerprint density at radius 3 is 2.63 bits per heavy atom. The standard InChI is InChI=1S/C33H41N9O10S2/c1-32(2)27(29(44)42(32)52-54(47,48)49)39-28(43)26(22-17-53-31(35)38-22)40-51-33(3,30(45)46)24-8-5-20-12-19(4-7-23(20)50-24)21-6-9-25(37-11-10-34)41(16-21)15-18-13-36-14-18/h4,6-7,9,12,16-18,24,27,36H,5,8,10-11,13-15,34H2,1-3H3,(H5,35,38,39,43,45,46,47,48,49)/b40-26-. The number of hydrogen-bond acceptors (Lipinski definition) is 16. The smallest absolute Gasteiger partial charge is 0.354 e. The second kappa shape index (κ2) is 15.1. The number of fused-ring (bicyclic) bond motifs is 1. The first-order chi connectivity index (χ1) is 25.5. The highest BCUT2D eigenvalue weighted by molar-refractivity contribution is 7.80. The number of hydrogen-bond donors (Lipinski definition) is 6. The lowest BCUT2D eigenvalue weighted by Crippen LogP contribution is -2.76. The van der Waals surface area contributed by atoms with E-state index in [4.69, 9.17) is 21.0 Å². The van der Waals surface area contributed by atoms with Gasteiger partial charge >= 0.3 is 5.97 Å². The molecule has 3 atom stereocenters. The first-order valence-corrected chi connectivity index (χ1v) is 19.2. The number of carbonyl (C=O) groups excluding carboxylic acids is 2. The molecule has 3 aromatic rings. The summed E-state index contributed by atoms with van der Waals surface area (Å²) in [6.45, 7) is 7.88. The quantitative estimate of drug-likeness (QED) is 0.0289. The zero-order chi connectivity index (χ0) is 39.0. The van der Waals surface area contributed by atoms with Crippen LogP contribution in [-0.4, -0.2) is 101 Å². The molecular weight excluding hydrogens is 747 g/mol. The molecule has 8 N–H and O–H groups in total. The number of nitrogens with one attached hydrogen (secondary N) is 3. The molecule has 0 saturated carbocycles. The first kappa shape index (κ1) is 38.8. The van der Waals surface area contributed by atoms with Crippen LogP contribution in [-0.2, 0) is 46.9 Å². The fourth-order valence-corrected chi connectivity index (χ4v) is 7.33. The van der Waals surface area contributed by atoms with Crippen LogP contribution >= 0.6 is 11.3 Å². The number of thiazole rings is 1. The lowest BCUT2D eigenvalue weighted by Gasteiger charge is -2.51. The molecule has 5 heterocycles. The molecule has 2 saturated heterocycles. The number of nitrogens with two attached hydrogens (primary N) is 2. The van der Waals surface area contributed by atoms with Crippen LogP contribution in [0.3, 0.4) is 0 Å². The summed E-state index contributed by atoms with van der Waals surface area (Å²) in [4.78, 5) is 48.7. The summed E-state index contributed by atoms with van der Waals surface area (Å²) >= 11 is 0.967. The van der Waals surface area contributed by atoms with Crippen molar-refractivity contribution in [2.75, 3.05) is 37.2 Å². The molecule has 6 rings (SSSR count). The van der Waals surface area contributed by atoms with E-state index in [-0.39, 0.29) is 17.2 Å². The van der Waals surface area contributed by atoms with Crippen LogP contribution in [0.25, 0.3) is 11.1 Å². The maximum Gasteiger partial charge on any atom is 0.354 e. The largest absolute Gasteiger partial charge is 0.724 e. The van der Waals surface area contributed by atoms with E-state index >= 15 is 0 Å². The Hall–Kier alpha value is -4.93. The van der Waals surface area contributed by atoms with E-state index in [2.05, 4.69) is 41.1 Å². The fourth-order valence-electron chi connectivity index (χ4n) is 6.33. The number of carboxylic acids is 1. The Labute approximate surface area is 314 Å². The number of aromatic nitrogens is 2. The van der Waals surface area contributed by atoms with Crippen molar-refractivity contribution in [2.24, 2.45) is 16.8 Å². The summed E-state index contributed by atoms with van der Waals surface area (Å²) in [5.74, 6) is -1.51. The van der Waals surface area contributed by atoms with Crippen LogP contribution in [0.5, 0.6) is 5.75 Å². The number of pyridine rings is 1. The number of rotatable bonds is 15. The minimum atomic E-state index is -5.28. The van der Waals surface area contributed by atoms with E-state index < -0.39 is 57.2 Å². The van der Waals surface area contributed by atoms with Gasteiger partial charge in [-0.3, -0.25) is 14.9 Å². The van der Waals surface area contributed by atoms with Gasteiger partial charge in [-0.15, -0.1) is 11.3 Å². The molecule has 19 nitrogen and oxygen atoms in total. The molecule has 3 unspecified atom stereocenters. The number of ether oxygens (including phenoxy) is 1. The second-order valence-corrected chi connectivity index (χ2v) is 15.7. The van der Waals surface area contributed by atoms with Gasteiger partial charge in [0.05, 0.1) is 24.8 Å². The summed E-state index contributed by atoms with van der Waals surface area (Å²) in [6, 6.07) is 8.39. The van der Waals surface area contributed by atoms with Gasteiger partial charge in [-0.05, 0) is 62.9 Å². The number of amides is 2. The highest BCUT2D eigenvalue weighted by Crippen LogP contribution is 2.37. The number of oxime groups is 1. The Morgan fingerprint density at radius 1 is 1.28 bits per heavy atom. The highest BCUT2D eigenvalue weighted by Gasteiger charge is 2.57. The molecule has 2 fully saturated rings. The Kier molecular flexibility index (Phi) is 10.8. The predicted molar refractivity (Wildman–Crippen MR) is 193 cm³/mol. The van der Waals surface area contributed by atoms with Gasteiger partial charge < -0.3 is 41.3 Å². The van der Waals surface area contributed by atoms with Crippen LogP contribution in [0, 0.1) is 5.92 Å². The first-order valence-electron chi connectivity index (χ1n) is 17.0. The lowest BCUT2D eigenvalue weighted by molar-refractivity contribution is -0.690. The van der Waals surface area contributed by atoms with Crippen LogP contribution in [0.15, 0.2) is 47.1 Å². The van der Waals surface area contributed by atoms with Crippen LogP contribution in [0.2, 0.25) is 0 Å². The molecule has 2 amide bonds. The number of aryl methyl sites for hydroxylation is 1. The Morgan fingerprint density at radius 2 is 2.02 bits per heavy atom. The summed E-state index contributed by atoms with van der Waals surface area (Å²) in [5.41, 5.74) is 10.1. The summed E-state index contributed by atoms with van der Waals surface area (Å²) in [6.07, 6.45) is 1.71. The molecule has 0 bridgehead atoms. The molecule has 54 heavy (non-hydrogen) atoms. The van der Waals surface area contributed by atoms with Gasteiger partial charge in [0, 0.05) is 42.6 Å². The van der Waals surface area contributed by atoms with Crippen molar-refractivity contribution in [2.45, 2.75) is 63.4 Å². The van der Waals surface area contributed by atoms with Gasteiger partial charge in [0.15, 0.2) is 16.9 Å². The maximum absolute atomic E-state index is 13.5. The van der Waals surface area contributed by atoms with Gasteiger partial charge in [0.25, 0.3) is 23.2 Å². The SMILES string of the molecule is CC(O/N=C(\C(=O)NC1C(=O)N(OS(=O)(=O)[O-])C1(C)C)c1csc(N)n1)(C(=O)O)C1CCc2cc(-c3ccc(NCCN)[n+](CC4CNC4)c3)ccc2O1. The third-order valence-electron chi connectivity index (χ3n) is 9.60. The van der Waals surface area contributed by atoms with Gasteiger partial charge in [0.2, 0.25) is 10.4 Å². The van der Waals surface area contributed by atoms with Crippen LogP contribution in [0.4, 0.5) is 10.9 Å². The maximum atomic E-state index is 13.5. The molecule has 0 spiro atoms. The van der Waals surface area contributed by atoms with E-state index in [0.717, 1.165) is 53.5 Å². The molecule has 290 valence electrons. The van der Waals surface area contributed by atoms with Crippen molar-refractivity contribution in [3.8, 4) is 16.9 Å². The topological polar surface area (TPSA) is 277 Å². The lowest BCUT2D eigenvalue weighted by atomic mass is 9.84. The van der Waals surface area contributed by atoms with Crippen molar-refractivity contribution in [3.05, 3.63) is 53.2 Å². The monoisotopic (exact) mass is 787 g/mol. The molecule has 0 aliphatic carbocycles. The Bertz CT molecular complexity index is 2090. The molecule has 21 heteroatoms. The van der Waals surface area contributed by atoms with Crippen molar-refractivity contribution in [1.29, 1.82) is 0 Å². The van der Waals surface area contributed by atoms with Gasteiger partial charge in [-0.1, -0.05) is 11.2 Å². The average Bonchev–Trinajstić information content (AvgIpc) is 3.54. The zero-order valence-corrected chi connectivity index (χ0v) is 31.2. The van der Waals surface area contributed by atoms with Crippen molar-refractivity contribution >= 4 is 56.2 Å². The normalized spacial score (nSPS) is 20.8. The van der Waals surface area contributed by atoms with Crippen molar-refractivity contribution < 1.29 is 50.9 Å². The van der Waals surface area contributed by atoms with Gasteiger partial charge in [-0.2, -0.15) is 9.35 Å². The summed E-state index contributed by atoms with van der Waals surface area (Å²) in [7, 11) is -5.28. The molecule has 1 aromatic carbocycles. The number of nitrogen functional groups attached to an aromatic ring is 1. The molecule has 3 aliphatic heterocycles. The zero-order valence-electron chi connectivity index (χ0n) is 29.6. The summed E-state index contributed by atoms with van der Waals surface area (Å²) < 4.78 is 46.0. The number of aliphatic carboxylic acids is 1. The number of nitrogens with zero attached hydrogens (tertiary/aromatic N) is 4. The summed E-state index contributed by atoms with van der Waals surface area (Å²) in [5, 5.41) is 25.2. The van der Waals surface area contributed by atoms with Crippen molar-refractivity contribution in [1.82, 2.24) is 20.7 Å². The van der Waals surface area contributed by atoms with Gasteiger partial charge in [0.1, 0.15) is 17.5 Å². The number of carboxylic acid groups (broad SMARTS) is 1. The fraction of sp³-hybridized carbons (Fsp3) is 0.455. The van der Waals surface area contributed by atoms with Crippen LogP contribution in [0.1, 0.15) is 38.4 Å². The molecular formula is C33H41N9O10S2. The van der Waals surface area contributed by atoms with E-state index in [1.54, 1.807) is 6.07 Å². The van der Waals surface area contributed by atoms with E-state index in [1.165, 1.54) is 26.2 Å². The third-order valence-corrected chi connectivity index (χ3v) is 10.6. The van der Waals surface area contributed by atoms with Gasteiger partial charge in [-0.25, -0.2) is 22.8 Å². The highest BCUT2D eigenvalue weighted by atomic mass is 32.3. The van der Waals surface area contributed by atoms with E-state index in [1.807, 2.05) is 24.3 Å². The number of hydroxylamine groups is 2. The minimum absolute atomic E-state index is 0.0584. The van der Waals surface area contributed by atoms with E-state index in [9.17, 15) is 32.5 Å². The predicted octanol–water partition coefficient (Wildman–Crippen LogP) is -0.275. The minimum Gasteiger partial charge on any atom is -0.724 e. The second-order valence-electron chi connectivity index (χ2n) is 13.9. The van der Waals surface area contributed by atoms with Crippen LogP contribution < -0.4 is 36.7 Å². The molecule has 0 radical (unpaired) electrons. The number of benzene rings is 1. The molecule has 2 aromatic heterocycles. The number of carbonyl (C=O) groups is 3. The van der Waals surface area contributed by atoms with Crippen molar-refractivity contribution in [3.63, 3.8) is 0 Å². The average molecular weight is 788 g/mol. The number of β-lactam (4-membered cyclic amide) rings is 1. The number of anilines is 2. The molecule has 3 aliphatic rings. The van der Waals surface area contributed by atoms with E-state index in [0.29, 0.717) is 36.2 Å². The third kappa shape index (κ3) is 7.95.